The van der Waals surface area contributed by atoms with Crippen molar-refractivity contribution in [2.24, 2.45) is 11.8 Å². The van der Waals surface area contributed by atoms with Gasteiger partial charge in [0.2, 0.25) is 0 Å². The Morgan fingerprint density at radius 2 is 1.84 bits per heavy atom. The predicted molar refractivity (Wildman–Crippen MR) is 80.1 cm³/mol. The fraction of sp³-hybridized carbons (Fsp3) is 0.611. The van der Waals surface area contributed by atoms with Gasteiger partial charge in [-0.05, 0) is 50.5 Å². The number of Topliss-reactive ketones (excluding diaryl/α,β-unsaturated/α-hetero) is 1. The van der Waals surface area contributed by atoms with Crippen molar-refractivity contribution >= 4 is 5.78 Å². The van der Waals surface area contributed by atoms with Crippen LogP contribution in [0.2, 0.25) is 0 Å². The van der Waals surface area contributed by atoms with E-state index in [0.29, 0.717) is 17.6 Å². The molecule has 2 rings (SSSR count). The van der Waals surface area contributed by atoms with E-state index >= 15 is 0 Å². The zero-order chi connectivity index (χ0) is 13.5. The van der Waals surface area contributed by atoms with Gasteiger partial charge >= 0.3 is 0 Å². The monoisotopic (exact) mass is 258 g/mol. The van der Waals surface area contributed by atoms with E-state index in [0.717, 1.165) is 19.3 Å². The van der Waals surface area contributed by atoms with Crippen molar-refractivity contribution in [1.82, 2.24) is 0 Å². The number of carbonyl (C=O) groups is 1. The van der Waals surface area contributed by atoms with Crippen LogP contribution in [-0.2, 0) is 11.2 Å². The minimum absolute atomic E-state index is 0.323. The third-order valence-corrected chi connectivity index (χ3v) is 4.56. The zero-order valence-electron chi connectivity index (χ0n) is 12.1. The highest BCUT2D eigenvalue weighted by atomic mass is 16.1. The summed E-state index contributed by atoms with van der Waals surface area (Å²) in [5.74, 6) is 1.41. The van der Waals surface area contributed by atoms with E-state index in [2.05, 4.69) is 30.3 Å². The Bertz CT molecular complexity index is 376. The van der Waals surface area contributed by atoms with Crippen molar-refractivity contribution in [2.75, 3.05) is 0 Å². The fourth-order valence-corrected chi connectivity index (χ4v) is 3.48. The van der Waals surface area contributed by atoms with Crippen molar-refractivity contribution < 1.29 is 4.79 Å². The molecule has 0 spiro atoms. The van der Waals surface area contributed by atoms with Crippen LogP contribution in [-0.4, -0.2) is 5.78 Å². The molecule has 1 unspecified atom stereocenters. The van der Waals surface area contributed by atoms with Gasteiger partial charge in [-0.15, -0.1) is 0 Å². The van der Waals surface area contributed by atoms with Crippen LogP contribution < -0.4 is 0 Å². The highest BCUT2D eigenvalue weighted by Crippen LogP contribution is 2.33. The van der Waals surface area contributed by atoms with Crippen molar-refractivity contribution in [1.29, 1.82) is 0 Å². The molecule has 1 heteroatoms. The van der Waals surface area contributed by atoms with Crippen LogP contribution in [0.15, 0.2) is 30.3 Å². The molecule has 1 aliphatic rings. The van der Waals surface area contributed by atoms with E-state index in [9.17, 15) is 4.79 Å². The van der Waals surface area contributed by atoms with Crippen molar-refractivity contribution in [3.63, 3.8) is 0 Å². The molecule has 1 saturated carbocycles. The second-order valence-electron chi connectivity index (χ2n) is 5.99. The van der Waals surface area contributed by atoms with E-state index in [-0.39, 0.29) is 0 Å². The topological polar surface area (TPSA) is 17.1 Å². The molecule has 0 radical (unpaired) electrons. The molecule has 1 nitrogen and oxygen atoms in total. The second-order valence-corrected chi connectivity index (χ2v) is 5.99. The summed E-state index contributed by atoms with van der Waals surface area (Å²) in [5, 5.41) is 0. The van der Waals surface area contributed by atoms with Crippen LogP contribution in [0.25, 0.3) is 0 Å². The lowest BCUT2D eigenvalue weighted by atomic mass is 9.76. The van der Waals surface area contributed by atoms with E-state index < -0.39 is 0 Å². The van der Waals surface area contributed by atoms with Gasteiger partial charge in [-0.3, -0.25) is 4.79 Å². The Morgan fingerprint density at radius 1 is 1.16 bits per heavy atom. The maximum Gasteiger partial charge on any atom is 0.133 e. The Balaban J connectivity index is 1.82. The van der Waals surface area contributed by atoms with Crippen LogP contribution in [0, 0.1) is 11.8 Å². The number of aryl methyl sites for hydroxylation is 1. The first-order valence-electron chi connectivity index (χ1n) is 7.82. The van der Waals surface area contributed by atoms with E-state index in [4.69, 9.17) is 0 Å². The van der Waals surface area contributed by atoms with Gasteiger partial charge < -0.3 is 0 Å². The van der Waals surface area contributed by atoms with E-state index in [1.807, 2.05) is 0 Å². The Hall–Kier alpha value is -1.11. The normalized spacial score (nSPS) is 18.2. The Morgan fingerprint density at radius 3 is 2.47 bits per heavy atom. The number of rotatable bonds is 6. The third-order valence-electron chi connectivity index (χ3n) is 4.56. The molecule has 104 valence electrons. The lowest BCUT2D eigenvalue weighted by Crippen LogP contribution is -2.24. The first kappa shape index (κ1) is 14.3. The molecule has 0 heterocycles. The molecule has 0 amide bonds. The van der Waals surface area contributed by atoms with Crippen LogP contribution in [0.5, 0.6) is 0 Å². The summed E-state index contributed by atoms with van der Waals surface area (Å²) in [4.78, 5) is 11.9. The highest BCUT2D eigenvalue weighted by Gasteiger charge is 2.26. The largest absolute Gasteiger partial charge is 0.300 e. The summed E-state index contributed by atoms with van der Waals surface area (Å²) < 4.78 is 0. The van der Waals surface area contributed by atoms with Crippen LogP contribution in [0.1, 0.15) is 57.4 Å². The highest BCUT2D eigenvalue weighted by molar-refractivity contribution is 5.78. The van der Waals surface area contributed by atoms with Crippen molar-refractivity contribution in [3.8, 4) is 0 Å². The second kappa shape index (κ2) is 7.47. The summed E-state index contributed by atoms with van der Waals surface area (Å²) in [7, 11) is 0. The summed E-state index contributed by atoms with van der Waals surface area (Å²) in [6.45, 7) is 1.79. The number of carbonyl (C=O) groups excluding carboxylic acids is 1. The number of hydrogen-bond donors (Lipinski definition) is 0. The van der Waals surface area contributed by atoms with Gasteiger partial charge in [0, 0.05) is 5.92 Å². The zero-order valence-corrected chi connectivity index (χ0v) is 12.1. The lowest BCUT2D eigenvalue weighted by molar-refractivity contribution is -0.123. The maximum atomic E-state index is 11.9. The smallest absolute Gasteiger partial charge is 0.133 e. The summed E-state index contributed by atoms with van der Waals surface area (Å²) in [6.07, 6.45) is 9.90. The molecule has 0 bridgehead atoms. The van der Waals surface area contributed by atoms with Crippen molar-refractivity contribution in [3.05, 3.63) is 35.9 Å². The van der Waals surface area contributed by atoms with E-state index in [1.54, 1.807) is 6.92 Å². The SMILES string of the molecule is CC(=O)C(CCCc1ccccc1)C1CCCCC1. The molecule has 1 atom stereocenters. The average Bonchev–Trinajstić information content (AvgIpc) is 2.45. The Kier molecular flexibility index (Phi) is 5.62. The predicted octanol–water partition coefficient (Wildman–Crippen LogP) is 4.79. The average molecular weight is 258 g/mol. The van der Waals surface area contributed by atoms with Gasteiger partial charge in [-0.2, -0.15) is 0 Å². The summed E-state index contributed by atoms with van der Waals surface area (Å²) in [6, 6.07) is 10.6. The maximum absolute atomic E-state index is 11.9. The molecular formula is C18H26O. The molecule has 1 fully saturated rings. The van der Waals surface area contributed by atoms with Gasteiger partial charge in [-0.1, -0.05) is 49.6 Å². The lowest BCUT2D eigenvalue weighted by Gasteiger charge is -2.28. The van der Waals surface area contributed by atoms with E-state index in [1.165, 1.54) is 37.7 Å². The first-order valence-corrected chi connectivity index (χ1v) is 7.82. The number of ketones is 1. The minimum atomic E-state index is 0.323. The molecule has 19 heavy (non-hydrogen) atoms. The molecule has 1 aromatic rings. The van der Waals surface area contributed by atoms with Gasteiger partial charge in [0.05, 0.1) is 0 Å². The Labute approximate surface area is 117 Å². The quantitative estimate of drug-likeness (QED) is 0.716. The molecule has 0 aromatic heterocycles. The van der Waals surface area contributed by atoms with Gasteiger partial charge in [-0.25, -0.2) is 0 Å². The van der Waals surface area contributed by atoms with Crippen LogP contribution in [0.4, 0.5) is 0 Å². The fourth-order valence-electron chi connectivity index (χ4n) is 3.48. The number of hydrogen-bond acceptors (Lipinski definition) is 1. The molecule has 0 saturated heterocycles. The van der Waals surface area contributed by atoms with Crippen LogP contribution >= 0.6 is 0 Å². The molecule has 0 N–H and O–H groups in total. The molecular weight excluding hydrogens is 232 g/mol. The number of benzene rings is 1. The molecule has 0 aliphatic heterocycles. The van der Waals surface area contributed by atoms with Gasteiger partial charge in [0.15, 0.2) is 0 Å². The first-order chi connectivity index (χ1) is 9.27. The third kappa shape index (κ3) is 4.49. The summed E-state index contributed by atoms with van der Waals surface area (Å²) in [5.41, 5.74) is 1.40. The van der Waals surface area contributed by atoms with Crippen molar-refractivity contribution in [2.45, 2.75) is 58.3 Å². The van der Waals surface area contributed by atoms with Gasteiger partial charge in [0.25, 0.3) is 0 Å². The molecule has 1 aliphatic carbocycles. The standard InChI is InChI=1S/C18H26O/c1-15(19)18(17-12-6-3-7-13-17)14-8-11-16-9-4-2-5-10-16/h2,4-5,9-10,17-18H,3,6-8,11-14H2,1H3. The molecule has 1 aromatic carbocycles. The summed E-state index contributed by atoms with van der Waals surface area (Å²) >= 11 is 0. The van der Waals surface area contributed by atoms with Crippen LogP contribution in [0.3, 0.4) is 0 Å². The van der Waals surface area contributed by atoms with Gasteiger partial charge in [0.1, 0.15) is 5.78 Å². The minimum Gasteiger partial charge on any atom is -0.300 e.